The first-order chi connectivity index (χ1) is 8.40. The molecule has 1 unspecified atom stereocenters. The van der Waals surface area contributed by atoms with Gasteiger partial charge < -0.3 is 11.1 Å². The van der Waals surface area contributed by atoms with E-state index in [1.165, 1.54) is 0 Å². The van der Waals surface area contributed by atoms with Gasteiger partial charge >= 0.3 is 0 Å². The fourth-order valence-electron chi connectivity index (χ4n) is 1.79. The van der Waals surface area contributed by atoms with E-state index in [0.717, 1.165) is 5.56 Å². The van der Waals surface area contributed by atoms with Crippen LogP contribution < -0.4 is 11.1 Å². The van der Waals surface area contributed by atoms with E-state index in [1.54, 1.807) is 0 Å². The molecule has 1 rings (SSSR count). The Labute approximate surface area is 114 Å². The van der Waals surface area contributed by atoms with Gasteiger partial charge in [0.1, 0.15) is 0 Å². The van der Waals surface area contributed by atoms with Crippen LogP contribution in [0.2, 0.25) is 5.02 Å². The highest BCUT2D eigenvalue weighted by atomic mass is 35.5. The molecule has 18 heavy (non-hydrogen) atoms. The van der Waals surface area contributed by atoms with Crippen LogP contribution in [-0.4, -0.2) is 11.9 Å². The maximum absolute atomic E-state index is 11.9. The summed E-state index contributed by atoms with van der Waals surface area (Å²) in [5.41, 5.74) is 6.82. The Morgan fingerprint density at radius 3 is 2.61 bits per heavy atom. The second-order valence-electron chi connectivity index (χ2n) is 5.02. The number of hydrogen-bond donors (Lipinski definition) is 2. The topological polar surface area (TPSA) is 55.1 Å². The fourth-order valence-corrected chi connectivity index (χ4v) is 1.99. The van der Waals surface area contributed by atoms with Crippen LogP contribution in [0.1, 0.15) is 38.8 Å². The lowest BCUT2D eigenvalue weighted by atomic mass is 10.0. The van der Waals surface area contributed by atoms with E-state index >= 15 is 0 Å². The number of rotatable bonds is 5. The smallest absolute Gasteiger partial charge is 0.237 e. The van der Waals surface area contributed by atoms with Crippen LogP contribution in [0.25, 0.3) is 0 Å². The van der Waals surface area contributed by atoms with Crippen molar-refractivity contribution in [2.45, 2.75) is 39.3 Å². The molecule has 0 saturated heterocycles. The van der Waals surface area contributed by atoms with Crippen LogP contribution in [0.15, 0.2) is 24.3 Å². The highest BCUT2D eigenvalue weighted by Gasteiger charge is 2.17. The lowest BCUT2D eigenvalue weighted by Crippen LogP contribution is -2.42. The van der Waals surface area contributed by atoms with Crippen LogP contribution in [0.5, 0.6) is 0 Å². The van der Waals surface area contributed by atoms with Crippen LogP contribution >= 0.6 is 11.6 Å². The number of nitrogens with one attached hydrogen (secondary N) is 1. The van der Waals surface area contributed by atoms with E-state index in [-0.39, 0.29) is 11.9 Å². The third kappa shape index (κ3) is 4.67. The quantitative estimate of drug-likeness (QED) is 0.863. The van der Waals surface area contributed by atoms with Gasteiger partial charge in [0.05, 0.1) is 12.1 Å². The lowest BCUT2D eigenvalue weighted by molar-refractivity contribution is -0.123. The molecule has 0 aliphatic carbocycles. The number of hydrogen-bond acceptors (Lipinski definition) is 2. The van der Waals surface area contributed by atoms with Gasteiger partial charge in [0.2, 0.25) is 5.91 Å². The second-order valence-corrected chi connectivity index (χ2v) is 5.46. The summed E-state index contributed by atoms with van der Waals surface area (Å²) >= 11 is 5.92. The Morgan fingerprint density at radius 2 is 2.06 bits per heavy atom. The average molecular weight is 269 g/mol. The first-order valence-corrected chi connectivity index (χ1v) is 6.59. The van der Waals surface area contributed by atoms with Gasteiger partial charge in [-0.05, 0) is 37.0 Å². The van der Waals surface area contributed by atoms with E-state index in [1.807, 2.05) is 45.0 Å². The molecule has 3 nitrogen and oxygen atoms in total. The average Bonchev–Trinajstić information content (AvgIpc) is 2.27. The Balaban J connectivity index is 2.59. The molecule has 2 atom stereocenters. The van der Waals surface area contributed by atoms with Gasteiger partial charge in [0, 0.05) is 5.02 Å². The molecule has 0 radical (unpaired) electrons. The molecule has 1 aromatic carbocycles. The van der Waals surface area contributed by atoms with Crippen molar-refractivity contribution in [1.82, 2.24) is 5.32 Å². The van der Waals surface area contributed by atoms with Gasteiger partial charge in [-0.1, -0.05) is 37.6 Å². The van der Waals surface area contributed by atoms with Crippen molar-refractivity contribution in [1.29, 1.82) is 0 Å². The summed E-state index contributed by atoms with van der Waals surface area (Å²) in [6, 6.07) is 6.92. The molecule has 0 aromatic heterocycles. The predicted molar refractivity (Wildman–Crippen MR) is 75.4 cm³/mol. The van der Waals surface area contributed by atoms with E-state index in [9.17, 15) is 4.79 Å². The van der Waals surface area contributed by atoms with Gasteiger partial charge in [-0.2, -0.15) is 0 Å². The van der Waals surface area contributed by atoms with Crippen molar-refractivity contribution >= 4 is 17.5 Å². The van der Waals surface area contributed by atoms with Crippen molar-refractivity contribution < 1.29 is 4.79 Å². The molecule has 1 aromatic rings. The summed E-state index contributed by atoms with van der Waals surface area (Å²) in [6.45, 7) is 6.02. The summed E-state index contributed by atoms with van der Waals surface area (Å²) in [6.07, 6.45) is 0.689. The molecule has 0 bridgehead atoms. The Morgan fingerprint density at radius 1 is 1.39 bits per heavy atom. The highest BCUT2D eigenvalue weighted by molar-refractivity contribution is 6.30. The first-order valence-electron chi connectivity index (χ1n) is 6.21. The molecule has 100 valence electrons. The number of halogens is 1. The molecule has 4 heteroatoms. The van der Waals surface area contributed by atoms with Crippen molar-refractivity contribution in [3.8, 4) is 0 Å². The highest BCUT2D eigenvalue weighted by Crippen LogP contribution is 2.17. The van der Waals surface area contributed by atoms with Crippen LogP contribution in [0, 0.1) is 5.92 Å². The number of amides is 1. The summed E-state index contributed by atoms with van der Waals surface area (Å²) in [5.74, 6) is 0.295. The Bertz CT molecular complexity index is 407. The minimum Gasteiger partial charge on any atom is -0.348 e. The summed E-state index contributed by atoms with van der Waals surface area (Å²) in [4.78, 5) is 11.9. The predicted octanol–water partition coefficient (Wildman–Crippen LogP) is 2.89. The molecule has 0 aliphatic rings. The molecule has 0 heterocycles. The normalized spacial score (nSPS) is 14.3. The third-order valence-corrected chi connectivity index (χ3v) is 3.00. The zero-order chi connectivity index (χ0) is 13.7. The van der Waals surface area contributed by atoms with Gasteiger partial charge in [0.25, 0.3) is 0 Å². The number of nitrogens with two attached hydrogens (primary N) is 1. The lowest BCUT2D eigenvalue weighted by Gasteiger charge is -2.19. The van der Waals surface area contributed by atoms with Crippen molar-refractivity contribution in [3.05, 3.63) is 34.9 Å². The molecular formula is C14H21ClN2O. The van der Waals surface area contributed by atoms with E-state index in [4.69, 9.17) is 17.3 Å². The fraction of sp³-hybridized carbons (Fsp3) is 0.500. The monoisotopic (exact) mass is 268 g/mol. The summed E-state index contributed by atoms with van der Waals surface area (Å²) in [5, 5.41) is 3.57. The van der Waals surface area contributed by atoms with Crippen molar-refractivity contribution in [3.63, 3.8) is 0 Å². The molecule has 0 aliphatic heterocycles. The molecule has 0 fully saturated rings. The molecule has 3 N–H and O–H groups in total. The van der Waals surface area contributed by atoms with E-state index in [0.29, 0.717) is 17.4 Å². The van der Waals surface area contributed by atoms with Crippen molar-refractivity contribution in [2.24, 2.45) is 11.7 Å². The zero-order valence-electron chi connectivity index (χ0n) is 11.1. The third-order valence-electron chi connectivity index (χ3n) is 2.77. The second kappa shape index (κ2) is 6.76. The van der Waals surface area contributed by atoms with E-state index in [2.05, 4.69) is 5.32 Å². The summed E-state index contributed by atoms with van der Waals surface area (Å²) in [7, 11) is 0. The Hall–Kier alpha value is -1.06. The minimum absolute atomic E-state index is 0.0885. The first kappa shape index (κ1) is 15.0. The number of benzene rings is 1. The van der Waals surface area contributed by atoms with Crippen LogP contribution in [0.4, 0.5) is 0 Å². The van der Waals surface area contributed by atoms with E-state index < -0.39 is 6.04 Å². The largest absolute Gasteiger partial charge is 0.348 e. The van der Waals surface area contributed by atoms with Gasteiger partial charge in [-0.15, -0.1) is 0 Å². The van der Waals surface area contributed by atoms with Gasteiger partial charge in [-0.3, -0.25) is 4.79 Å². The summed E-state index contributed by atoms with van der Waals surface area (Å²) < 4.78 is 0. The number of carbonyl (C=O) groups is 1. The van der Waals surface area contributed by atoms with Gasteiger partial charge in [-0.25, -0.2) is 0 Å². The Kier molecular flexibility index (Phi) is 5.63. The maximum atomic E-state index is 11.9. The van der Waals surface area contributed by atoms with Crippen molar-refractivity contribution in [2.75, 3.05) is 0 Å². The standard InChI is InChI=1S/C14H21ClN2O/c1-9(2)7-13(16)14(18)17-10(3)11-5-4-6-12(15)8-11/h4-6,8-10,13H,7,16H2,1-3H3,(H,17,18)/t10-,13?/m0/s1. The molecular weight excluding hydrogens is 248 g/mol. The minimum atomic E-state index is -0.452. The maximum Gasteiger partial charge on any atom is 0.237 e. The number of carbonyl (C=O) groups excluding carboxylic acids is 1. The molecule has 0 saturated carbocycles. The SMILES string of the molecule is CC(C)CC(N)C(=O)N[C@@H](C)c1cccc(Cl)c1. The molecule has 0 spiro atoms. The van der Waals surface area contributed by atoms with Gasteiger partial charge in [0.15, 0.2) is 0 Å². The van der Waals surface area contributed by atoms with Crippen LogP contribution in [-0.2, 0) is 4.79 Å². The van der Waals surface area contributed by atoms with Crippen LogP contribution in [0.3, 0.4) is 0 Å². The molecule has 1 amide bonds. The zero-order valence-corrected chi connectivity index (χ0v) is 11.9.